The predicted molar refractivity (Wildman–Crippen MR) is 107 cm³/mol. The quantitative estimate of drug-likeness (QED) is 0.743. The number of aromatic nitrogens is 4. The number of rotatable bonds is 5. The van der Waals surface area contributed by atoms with Gasteiger partial charge in [-0.3, -0.25) is 9.48 Å². The van der Waals surface area contributed by atoms with Crippen LogP contribution in [0.3, 0.4) is 0 Å². The highest BCUT2D eigenvalue weighted by atomic mass is 16.2. The van der Waals surface area contributed by atoms with E-state index in [9.17, 15) is 4.79 Å². The maximum absolute atomic E-state index is 12.5. The molecule has 0 spiro atoms. The number of aryl methyl sites for hydroxylation is 1. The SMILES string of the molecule is Cn1nc(C2CC2)cc1-c1ccc(NC(=O)C2CN(c3cccnn3)C2)cc1. The largest absolute Gasteiger partial charge is 0.353 e. The Morgan fingerprint density at radius 3 is 2.61 bits per heavy atom. The average molecular weight is 374 g/mol. The molecule has 1 aliphatic carbocycles. The minimum Gasteiger partial charge on any atom is -0.353 e. The van der Waals surface area contributed by atoms with Crippen molar-refractivity contribution < 1.29 is 4.79 Å². The van der Waals surface area contributed by atoms with Gasteiger partial charge in [-0.1, -0.05) is 12.1 Å². The molecule has 1 saturated carbocycles. The summed E-state index contributed by atoms with van der Waals surface area (Å²) >= 11 is 0. The Morgan fingerprint density at radius 2 is 1.93 bits per heavy atom. The molecule has 1 N–H and O–H groups in total. The van der Waals surface area contributed by atoms with Crippen LogP contribution in [-0.2, 0) is 11.8 Å². The van der Waals surface area contributed by atoms with Crippen LogP contribution in [0.4, 0.5) is 11.5 Å². The summed E-state index contributed by atoms with van der Waals surface area (Å²) in [5, 5.41) is 15.6. The number of carbonyl (C=O) groups excluding carboxylic acids is 1. The van der Waals surface area contributed by atoms with E-state index in [1.165, 1.54) is 18.5 Å². The average Bonchev–Trinajstić information content (AvgIpc) is 3.45. The molecule has 3 aromatic rings. The van der Waals surface area contributed by atoms with Crippen LogP contribution in [0.5, 0.6) is 0 Å². The van der Waals surface area contributed by atoms with E-state index in [0.29, 0.717) is 19.0 Å². The summed E-state index contributed by atoms with van der Waals surface area (Å²) in [6, 6.07) is 13.9. The number of amides is 1. The van der Waals surface area contributed by atoms with Crippen LogP contribution in [0.1, 0.15) is 24.5 Å². The first-order chi connectivity index (χ1) is 13.7. The van der Waals surface area contributed by atoms with Crippen molar-refractivity contribution in [2.45, 2.75) is 18.8 Å². The molecule has 1 amide bonds. The molecule has 1 aliphatic heterocycles. The normalized spacial score (nSPS) is 16.7. The van der Waals surface area contributed by atoms with Crippen LogP contribution in [0.15, 0.2) is 48.7 Å². The molecule has 7 nitrogen and oxygen atoms in total. The molecule has 7 heteroatoms. The van der Waals surface area contributed by atoms with Crippen molar-refractivity contribution in [3.8, 4) is 11.3 Å². The van der Waals surface area contributed by atoms with Crippen LogP contribution in [0.25, 0.3) is 11.3 Å². The summed E-state index contributed by atoms with van der Waals surface area (Å²) in [6.07, 6.45) is 4.14. The molecule has 142 valence electrons. The third-order valence-electron chi connectivity index (χ3n) is 5.48. The summed E-state index contributed by atoms with van der Waals surface area (Å²) in [5.74, 6) is 1.48. The topological polar surface area (TPSA) is 75.9 Å². The number of carbonyl (C=O) groups is 1. The molecule has 0 atom stereocenters. The van der Waals surface area contributed by atoms with E-state index in [0.717, 1.165) is 22.8 Å². The predicted octanol–water partition coefficient (Wildman–Crippen LogP) is 2.83. The van der Waals surface area contributed by atoms with Crippen LogP contribution in [0, 0.1) is 5.92 Å². The maximum atomic E-state index is 12.5. The monoisotopic (exact) mass is 374 g/mol. The first kappa shape index (κ1) is 16.9. The summed E-state index contributed by atoms with van der Waals surface area (Å²) in [4.78, 5) is 14.5. The van der Waals surface area contributed by atoms with Gasteiger partial charge in [0.25, 0.3) is 0 Å². The summed E-state index contributed by atoms with van der Waals surface area (Å²) < 4.78 is 1.94. The van der Waals surface area contributed by atoms with Gasteiger partial charge in [0.1, 0.15) is 0 Å². The van der Waals surface area contributed by atoms with Gasteiger partial charge in [-0.15, -0.1) is 5.10 Å². The molecule has 28 heavy (non-hydrogen) atoms. The van der Waals surface area contributed by atoms with Gasteiger partial charge in [-0.25, -0.2) is 0 Å². The van der Waals surface area contributed by atoms with Gasteiger partial charge in [-0.2, -0.15) is 10.2 Å². The Hall–Kier alpha value is -3.22. The second-order valence-electron chi connectivity index (χ2n) is 7.60. The summed E-state index contributed by atoms with van der Waals surface area (Å²) in [6.45, 7) is 1.34. The number of benzene rings is 1. The fraction of sp³-hybridized carbons (Fsp3) is 0.333. The van der Waals surface area contributed by atoms with Crippen molar-refractivity contribution in [3.63, 3.8) is 0 Å². The molecule has 3 heterocycles. The molecule has 1 aromatic carbocycles. The lowest BCUT2D eigenvalue weighted by Gasteiger charge is -2.38. The van der Waals surface area contributed by atoms with Crippen LogP contribution in [-0.4, -0.2) is 39.0 Å². The highest BCUT2D eigenvalue weighted by molar-refractivity contribution is 5.94. The smallest absolute Gasteiger partial charge is 0.231 e. The van der Waals surface area contributed by atoms with E-state index < -0.39 is 0 Å². The van der Waals surface area contributed by atoms with Crippen molar-refractivity contribution in [2.24, 2.45) is 13.0 Å². The third-order valence-corrected chi connectivity index (χ3v) is 5.48. The number of hydrogen-bond acceptors (Lipinski definition) is 5. The Labute approximate surface area is 163 Å². The van der Waals surface area contributed by atoms with Gasteiger partial charge in [0.2, 0.25) is 5.91 Å². The summed E-state index contributed by atoms with van der Waals surface area (Å²) in [5.41, 5.74) is 4.22. The highest BCUT2D eigenvalue weighted by Gasteiger charge is 2.33. The summed E-state index contributed by atoms with van der Waals surface area (Å²) in [7, 11) is 1.98. The number of anilines is 2. The van der Waals surface area contributed by atoms with E-state index in [1.54, 1.807) is 6.20 Å². The zero-order chi connectivity index (χ0) is 19.1. The molecule has 0 radical (unpaired) electrons. The van der Waals surface area contributed by atoms with E-state index in [4.69, 9.17) is 0 Å². The van der Waals surface area contributed by atoms with E-state index in [-0.39, 0.29) is 11.8 Å². The molecule has 2 aromatic heterocycles. The van der Waals surface area contributed by atoms with Gasteiger partial charge in [0.15, 0.2) is 5.82 Å². The van der Waals surface area contributed by atoms with Crippen molar-refractivity contribution in [1.82, 2.24) is 20.0 Å². The Morgan fingerprint density at radius 1 is 1.14 bits per heavy atom. The molecule has 2 aliphatic rings. The van der Waals surface area contributed by atoms with E-state index >= 15 is 0 Å². The number of hydrogen-bond donors (Lipinski definition) is 1. The highest BCUT2D eigenvalue weighted by Crippen LogP contribution is 2.40. The molecule has 5 rings (SSSR count). The minimum atomic E-state index is -0.0279. The molecule has 0 bridgehead atoms. The molecule has 1 saturated heterocycles. The van der Waals surface area contributed by atoms with Gasteiger partial charge in [-0.05, 0) is 48.7 Å². The number of nitrogens with zero attached hydrogens (tertiary/aromatic N) is 5. The van der Waals surface area contributed by atoms with Crippen molar-refractivity contribution in [2.75, 3.05) is 23.3 Å². The second-order valence-corrected chi connectivity index (χ2v) is 7.60. The standard InChI is InChI=1S/C21H22N6O/c1-26-19(11-18(25-26)14-4-5-14)15-6-8-17(9-7-15)23-21(28)16-12-27(13-16)20-3-2-10-22-24-20/h2-3,6-11,14,16H,4-5,12-13H2,1H3,(H,23,28). The van der Waals surface area contributed by atoms with Gasteiger partial charge >= 0.3 is 0 Å². The molecule has 2 fully saturated rings. The van der Waals surface area contributed by atoms with Crippen LogP contribution < -0.4 is 10.2 Å². The first-order valence-corrected chi connectivity index (χ1v) is 9.65. The van der Waals surface area contributed by atoms with E-state index in [1.807, 2.05) is 48.1 Å². The van der Waals surface area contributed by atoms with E-state index in [2.05, 4.69) is 31.6 Å². The Kier molecular flexibility index (Phi) is 4.07. The lowest BCUT2D eigenvalue weighted by Crippen LogP contribution is -2.52. The Balaban J connectivity index is 1.20. The Bertz CT molecular complexity index is 987. The first-order valence-electron chi connectivity index (χ1n) is 9.65. The lowest BCUT2D eigenvalue weighted by atomic mass is 9.99. The molecular formula is C21H22N6O. The number of nitrogens with one attached hydrogen (secondary N) is 1. The fourth-order valence-electron chi connectivity index (χ4n) is 3.60. The third kappa shape index (κ3) is 3.24. The second kappa shape index (κ2) is 6.74. The minimum absolute atomic E-state index is 0.0279. The van der Waals surface area contributed by atoms with Crippen LogP contribution in [0.2, 0.25) is 0 Å². The van der Waals surface area contributed by atoms with Crippen LogP contribution >= 0.6 is 0 Å². The fourth-order valence-corrected chi connectivity index (χ4v) is 3.60. The molecule has 0 unspecified atom stereocenters. The van der Waals surface area contributed by atoms with Gasteiger partial charge < -0.3 is 10.2 Å². The van der Waals surface area contributed by atoms with Gasteiger partial charge in [0, 0.05) is 37.9 Å². The van der Waals surface area contributed by atoms with Crippen molar-refractivity contribution in [1.29, 1.82) is 0 Å². The zero-order valence-corrected chi connectivity index (χ0v) is 15.7. The lowest BCUT2D eigenvalue weighted by molar-refractivity contribution is -0.120. The van der Waals surface area contributed by atoms with Crippen molar-refractivity contribution >= 4 is 17.4 Å². The maximum Gasteiger partial charge on any atom is 0.231 e. The van der Waals surface area contributed by atoms with Crippen molar-refractivity contribution in [3.05, 3.63) is 54.4 Å². The molecular weight excluding hydrogens is 352 g/mol. The van der Waals surface area contributed by atoms with Gasteiger partial charge in [0.05, 0.1) is 17.3 Å². The zero-order valence-electron chi connectivity index (χ0n) is 15.7.